The molecule has 4 atom stereocenters. The summed E-state index contributed by atoms with van der Waals surface area (Å²) >= 11 is 0. The molecule has 720 valence electrons. The van der Waals surface area contributed by atoms with Crippen LogP contribution >= 0.6 is 0 Å². The zero-order valence-corrected chi connectivity index (χ0v) is 86.5. The molecule has 0 bridgehead atoms. The smallest absolute Gasteiger partial charge is 0.250 e. The van der Waals surface area contributed by atoms with Gasteiger partial charge in [0.1, 0.15) is 5.78 Å². The van der Waals surface area contributed by atoms with Crippen LogP contribution in [-0.4, -0.2) is 362 Å². The summed E-state index contributed by atoms with van der Waals surface area (Å²) in [5.74, 6) is 7.07. The Labute approximate surface area is 750 Å². The molecule has 0 aliphatic carbocycles. The number of piperidine rings is 7. The predicted molar refractivity (Wildman–Crippen MR) is 528 cm³/mol. The molecule has 11 heterocycles. The monoisotopic (exact) mass is 1760 g/mol. The largest absolute Gasteiger partial charge is 0.386 e. The minimum absolute atomic E-state index is 0.0329. The van der Waals surface area contributed by atoms with Gasteiger partial charge in [0.15, 0.2) is 0 Å². The van der Waals surface area contributed by atoms with Gasteiger partial charge in [-0.15, -0.1) is 0 Å². The normalized spacial score (nSPS) is 24.1. The molecule has 0 saturated carbocycles. The van der Waals surface area contributed by atoms with Crippen molar-refractivity contribution in [2.75, 3.05) is 176 Å². The zero-order chi connectivity index (χ0) is 91.9. The molecule has 23 heteroatoms. The van der Waals surface area contributed by atoms with E-state index in [0.717, 1.165) is 139 Å². The summed E-state index contributed by atoms with van der Waals surface area (Å²) in [5, 5.41) is 3.42. The van der Waals surface area contributed by atoms with Crippen molar-refractivity contribution >= 4 is 42.8 Å². The van der Waals surface area contributed by atoms with Crippen LogP contribution in [0.15, 0.2) is 12.3 Å². The molecule has 1 amide bonds. The van der Waals surface area contributed by atoms with Crippen molar-refractivity contribution in [3.63, 3.8) is 0 Å². The highest BCUT2D eigenvalue weighted by Gasteiger charge is 2.35. The number of halogens is 2. The van der Waals surface area contributed by atoms with E-state index in [-0.39, 0.29) is 18.7 Å². The number of ketones is 1. The molecule has 19 nitrogen and oxygen atoms in total. The minimum atomic E-state index is -2.40. The highest BCUT2D eigenvalue weighted by atomic mass is 32.2. The van der Waals surface area contributed by atoms with Gasteiger partial charge in [0.05, 0.1) is 0 Å². The topological polar surface area (TPSA) is 134 Å². The van der Waals surface area contributed by atoms with E-state index in [1.807, 2.05) is 30.0 Å². The fourth-order valence-electron chi connectivity index (χ4n) is 17.8. The van der Waals surface area contributed by atoms with Crippen LogP contribution in [0.1, 0.15) is 322 Å². The van der Waals surface area contributed by atoms with E-state index in [9.17, 15) is 26.8 Å². The lowest BCUT2D eigenvalue weighted by molar-refractivity contribution is -0.130. The van der Waals surface area contributed by atoms with Gasteiger partial charge in [0, 0.05) is 233 Å². The third-order valence-corrected chi connectivity index (χ3v) is 28.8. The van der Waals surface area contributed by atoms with Gasteiger partial charge in [-0.3, -0.25) is 27.9 Å². The number of piperazine rings is 2. The molecule has 11 rings (SSSR count). The molecule has 0 spiro atoms. The Morgan fingerprint density at radius 3 is 0.967 bits per heavy atom. The van der Waals surface area contributed by atoms with Crippen LogP contribution in [0.4, 0.5) is 8.78 Å². The molecule has 11 fully saturated rings. The second-order valence-corrected chi connectivity index (χ2v) is 45.5. The van der Waals surface area contributed by atoms with Gasteiger partial charge in [0.2, 0.25) is 5.91 Å². The number of hydrogen-bond acceptors (Lipinski definition) is 16. The van der Waals surface area contributed by atoms with E-state index in [4.69, 9.17) is 0 Å². The Balaban J connectivity index is 0.000000668. The summed E-state index contributed by atoms with van der Waals surface area (Å²) in [6.45, 7) is 90.7. The number of nitrogens with one attached hydrogen (secondary N) is 2. The van der Waals surface area contributed by atoms with Crippen LogP contribution < -0.4 is 10.0 Å². The fraction of sp³-hybridized carbons (Fsp3) is 0.939. The Morgan fingerprint density at radius 1 is 0.372 bits per heavy atom. The highest BCUT2D eigenvalue weighted by molar-refractivity contribution is 7.98. The molecule has 0 aromatic heterocycles. The Hall–Kier alpha value is -1.94. The maximum atomic E-state index is 12.6. The van der Waals surface area contributed by atoms with Gasteiger partial charge in [-0.2, -0.15) is 0 Å². The number of hydrogen-bond donors (Lipinski definition) is 2. The van der Waals surface area contributed by atoms with Gasteiger partial charge in [-0.05, 0) is 372 Å². The molecule has 0 radical (unpaired) electrons. The third kappa shape index (κ3) is 55.0. The molecule has 4 unspecified atom stereocenters. The number of Topliss-reactive ketones (excluding diaryl/α,β-unsaturated/α-hetero) is 1. The molecule has 2 N–H and O–H groups in total. The first-order chi connectivity index (χ1) is 56.4. The average molecular weight is 1760 g/mol. The number of carbonyl (C=O) groups excluding carboxylic acids is 2. The summed E-state index contributed by atoms with van der Waals surface area (Å²) in [6, 6.07) is 9.27. The van der Waals surface area contributed by atoms with E-state index < -0.39 is 25.3 Å². The van der Waals surface area contributed by atoms with Crippen LogP contribution in [-0.2, 0) is 29.0 Å². The van der Waals surface area contributed by atoms with Crippen molar-refractivity contribution in [3.8, 4) is 0 Å². The summed E-state index contributed by atoms with van der Waals surface area (Å²) in [5.41, 5.74) is 1.10. The van der Waals surface area contributed by atoms with Crippen molar-refractivity contribution in [1.82, 2.24) is 73.1 Å². The number of rotatable bonds is 18. The van der Waals surface area contributed by atoms with E-state index in [0.29, 0.717) is 73.1 Å². The molecule has 0 aromatic carbocycles. The lowest BCUT2D eigenvalue weighted by Gasteiger charge is -2.37. The van der Waals surface area contributed by atoms with Crippen LogP contribution in [0.25, 0.3) is 0 Å². The second-order valence-electron chi connectivity index (χ2n) is 40.9. The molecular formula is C98H203F2N15O4S2. The first-order valence-electron chi connectivity index (χ1n) is 49.3. The molecule has 11 saturated heterocycles. The summed E-state index contributed by atoms with van der Waals surface area (Å²) in [4.78, 5) is 50.9. The molecule has 0 aromatic rings. The maximum absolute atomic E-state index is 12.6. The summed E-state index contributed by atoms with van der Waals surface area (Å²) in [7, 11) is -4.00. The van der Waals surface area contributed by atoms with Crippen molar-refractivity contribution in [3.05, 3.63) is 12.3 Å². The highest BCUT2D eigenvalue weighted by Crippen LogP contribution is 2.29. The van der Waals surface area contributed by atoms with E-state index >= 15 is 0 Å². The van der Waals surface area contributed by atoms with E-state index in [2.05, 4.69) is 235 Å². The van der Waals surface area contributed by atoms with Crippen molar-refractivity contribution in [2.24, 2.45) is 11.8 Å². The van der Waals surface area contributed by atoms with Gasteiger partial charge in [-0.25, -0.2) is 17.8 Å². The zero-order valence-electron chi connectivity index (χ0n) is 84.9. The number of amides is 1. The lowest BCUT2D eigenvalue weighted by atomic mass is 9.98. The number of alkyl halides is 2. The van der Waals surface area contributed by atoms with Gasteiger partial charge in [0.25, 0.3) is 5.92 Å². The first-order valence-corrected chi connectivity index (χ1v) is 53.5. The lowest BCUT2D eigenvalue weighted by Crippen LogP contribution is -2.50. The van der Waals surface area contributed by atoms with E-state index in [1.54, 1.807) is 26.4 Å². The van der Waals surface area contributed by atoms with E-state index in [1.165, 1.54) is 181 Å². The first kappa shape index (κ1) is 117. The molecule has 11 aliphatic heterocycles. The van der Waals surface area contributed by atoms with Crippen LogP contribution in [0.5, 0.6) is 0 Å². The quantitative estimate of drug-likeness (QED) is 0.126. The van der Waals surface area contributed by atoms with Crippen LogP contribution in [0, 0.1) is 11.8 Å². The second kappa shape index (κ2) is 63.1. The van der Waals surface area contributed by atoms with Gasteiger partial charge in [-0.1, -0.05) is 32.8 Å². The Bertz CT molecular complexity index is 2790. The van der Waals surface area contributed by atoms with Crippen molar-refractivity contribution in [2.45, 2.75) is 412 Å². The third-order valence-electron chi connectivity index (χ3n) is 26.5. The Morgan fingerprint density at radius 2 is 0.678 bits per heavy atom. The SMILES string of the molecule is C=C(C)NC1CCN(C(C)C)CC1.C=S(C)(=O)N1CCN(C(C)C)CC1.C=S(C)(=O)NC1CCN(C(C)C)CC1.CC(=O)CC1CCN(C(C)C)C1.CC(=O)N1CCN(C(C)C)CC1.CC(C)N1CCC(F)(F)CC1.CC(C)N1CCCC1.CC(C)N1CCCCC1.CC(C)N1CCCCC1.CC(C)N1CCCCC1C.CC1CCN(C(C)C)CC1. The maximum Gasteiger partial charge on any atom is 0.250 e. The summed E-state index contributed by atoms with van der Waals surface area (Å²) in [6.07, 6.45) is 28.5. The van der Waals surface area contributed by atoms with Gasteiger partial charge < -0.3 is 54.2 Å². The van der Waals surface area contributed by atoms with Crippen molar-refractivity contribution in [1.29, 1.82) is 0 Å². The molecule has 121 heavy (non-hydrogen) atoms. The van der Waals surface area contributed by atoms with Gasteiger partial charge >= 0.3 is 0 Å². The minimum Gasteiger partial charge on any atom is -0.386 e. The molecule has 11 aliphatic rings. The molecular weight excluding hydrogens is 1550 g/mol. The number of allylic oxidation sites excluding steroid dienone is 1. The predicted octanol–water partition coefficient (Wildman–Crippen LogP) is 17.0. The summed E-state index contributed by atoms with van der Waals surface area (Å²) < 4.78 is 53.4. The van der Waals surface area contributed by atoms with Crippen LogP contribution in [0.3, 0.4) is 0 Å². The number of carbonyl (C=O) groups is 2. The van der Waals surface area contributed by atoms with Crippen LogP contribution in [0.2, 0.25) is 0 Å². The number of nitrogens with zero attached hydrogens (tertiary/aromatic N) is 13. The Kier molecular flexibility index (Phi) is 61.1. The van der Waals surface area contributed by atoms with Crippen molar-refractivity contribution < 1.29 is 26.8 Å². The standard InChI is InChI=1S/C11H22N2.C10H22N2OS.C10H19NO.C9H20N2OS.C9H18N2O.2C9H19N.C8H15F2N.2C8H17N.C7H15N/c1-9(2)12-11-5-7-13(8-6-11)10(3)4;1-9(2)12-7-5-10(6-8-12)11-14(3,4)13;1-8(2)11-5-4-10(7-11)6-9(3)12;1-9(2)10-5-7-11(8-6-10)13(3,4)12;1-8(2)10-4-6-11(7-5-10)9(3)12;1-8(2)10-6-4-9(3)5-7-10;1-8(2)10-7-5-4-6-9(10)3;1-7(2)11-5-3-8(9,10)4-6-11;2*1-8(2)9-6-4-3-5-7-9;1-7(2)8-5-3-4-6-8/h10-12H,1,5-8H2,2-4H3;9-10H,3,5-8H2,1-2,4H3,(H,11,13);8,10H,4-7H2,1-3H3;9H,3,5-8H2,1-2,4H3;8H,4-7H2,1-3H3;2*8-9H,4-7H2,1-3H3;7H,3-6H2,1-2H3;2*8H,3-7H2,1-2H3;7H,3-6H2,1-2H3. The number of likely N-dealkylation sites (tertiary alicyclic amines) is 9. The fourth-order valence-corrected chi connectivity index (χ4v) is 19.7. The average Bonchev–Trinajstić information content (AvgIpc) is 1.40.